The van der Waals surface area contributed by atoms with Gasteiger partial charge in [-0.1, -0.05) is 30.3 Å². The third kappa shape index (κ3) is 3.50. The Bertz CT molecular complexity index is 1010. The maximum absolute atomic E-state index is 12.3. The fourth-order valence-corrected chi connectivity index (χ4v) is 2.84. The number of pyridine rings is 1. The van der Waals surface area contributed by atoms with E-state index in [4.69, 9.17) is 0 Å². The van der Waals surface area contributed by atoms with Crippen LogP contribution < -0.4 is 5.32 Å². The average molecular weight is 366 g/mol. The number of non-ortho nitro benzene ring substituents is 1. The van der Waals surface area contributed by atoms with Crippen LogP contribution in [-0.4, -0.2) is 40.0 Å². The zero-order chi connectivity index (χ0) is 19.6. The predicted octanol–water partition coefficient (Wildman–Crippen LogP) is 3.21. The second-order valence-corrected chi connectivity index (χ2v) is 6.18. The number of nitro groups is 1. The summed E-state index contributed by atoms with van der Waals surface area (Å²) in [6, 6.07) is 12.1. The molecule has 3 aromatic rings. The van der Waals surface area contributed by atoms with Crippen molar-refractivity contribution in [3.05, 3.63) is 76.0 Å². The maximum atomic E-state index is 12.3. The molecule has 0 saturated carbocycles. The van der Waals surface area contributed by atoms with Crippen LogP contribution >= 0.6 is 0 Å². The van der Waals surface area contributed by atoms with E-state index in [1.165, 1.54) is 23.2 Å². The summed E-state index contributed by atoms with van der Waals surface area (Å²) in [7, 11) is 3.17. The molecule has 8 heteroatoms. The van der Waals surface area contributed by atoms with Crippen molar-refractivity contribution in [1.82, 2.24) is 15.2 Å². The van der Waals surface area contributed by atoms with Crippen molar-refractivity contribution in [3.8, 4) is 5.75 Å². The monoisotopic (exact) mass is 366 g/mol. The molecule has 0 bridgehead atoms. The Morgan fingerprint density at radius 2 is 1.93 bits per heavy atom. The van der Waals surface area contributed by atoms with Gasteiger partial charge in [0, 0.05) is 31.9 Å². The van der Waals surface area contributed by atoms with Gasteiger partial charge in [-0.15, -0.1) is 0 Å². The molecule has 0 aliphatic rings. The molecule has 1 heterocycles. The van der Waals surface area contributed by atoms with Crippen molar-refractivity contribution in [3.63, 3.8) is 0 Å². The van der Waals surface area contributed by atoms with E-state index in [2.05, 4.69) is 10.3 Å². The van der Waals surface area contributed by atoms with Gasteiger partial charge in [-0.25, -0.2) is 4.79 Å². The number of hydrogen-bond donors (Lipinski definition) is 2. The van der Waals surface area contributed by atoms with Crippen LogP contribution in [0.25, 0.3) is 10.9 Å². The highest BCUT2D eigenvalue weighted by atomic mass is 16.6. The average Bonchev–Trinajstić information content (AvgIpc) is 2.67. The van der Waals surface area contributed by atoms with E-state index in [1.807, 2.05) is 6.07 Å². The summed E-state index contributed by atoms with van der Waals surface area (Å²) in [5, 5.41) is 25.4. The number of phenols is 1. The minimum atomic E-state index is -0.786. The van der Waals surface area contributed by atoms with Gasteiger partial charge in [0.25, 0.3) is 5.69 Å². The van der Waals surface area contributed by atoms with Crippen LogP contribution in [0.15, 0.2) is 54.7 Å². The largest absolute Gasteiger partial charge is 0.505 e. The van der Waals surface area contributed by atoms with Crippen LogP contribution in [0.4, 0.5) is 10.5 Å². The third-order valence-electron chi connectivity index (χ3n) is 4.19. The highest BCUT2D eigenvalue weighted by Crippen LogP contribution is 2.39. The number of urea groups is 1. The fourth-order valence-electron chi connectivity index (χ4n) is 2.84. The smallest absolute Gasteiger partial charge is 0.317 e. The molecule has 0 spiro atoms. The number of aromatic nitrogens is 1. The van der Waals surface area contributed by atoms with Crippen molar-refractivity contribution in [2.45, 2.75) is 6.04 Å². The van der Waals surface area contributed by atoms with Gasteiger partial charge in [-0.2, -0.15) is 0 Å². The van der Waals surface area contributed by atoms with Gasteiger partial charge >= 0.3 is 6.03 Å². The molecular formula is C19H18N4O4. The molecule has 2 aromatic carbocycles. The number of benzene rings is 2. The maximum Gasteiger partial charge on any atom is 0.317 e. The van der Waals surface area contributed by atoms with Gasteiger partial charge in [0.15, 0.2) is 0 Å². The molecule has 3 rings (SSSR count). The second-order valence-electron chi connectivity index (χ2n) is 6.18. The molecular weight excluding hydrogens is 348 g/mol. The first-order chi connectivity index (χ1) is 12.9. The van der Waals surface area contributed by atoms with E-state index >= 15 is 0 Å². The summed E-state index contributed by atoms with van der Waals surface area (Å²) < 4.78 is 0. The Balaban J connectivity index is 2.25. The number of hydrogen-bond acceptors (Lipinski definition) is 5. The van der Waals surface area contributed by atoms with Crippen LogP contribution in [0.5, 0.6) is 5.75 Å². The zero-order valence-corrected chi connectivity index (χ0v) is 14.8. The summed E-state index contributed by atoms with van der Waals surface area (Å²) in [6.07, 6.45) is 1.45. The topological polar surface area (TPSA) is 109 Å². The molecule has 0 aliphatic carbocycles. The summed E-state index contributed by atoms with van der Waals surface area (Å²) in [4.78, 5) is 28.8. The highest BCUT2D eigenvalue weighted by molar-refractivity contribution is 5.93. The summed E-state index contributed by atoms with van der Waals surface area (Å²) in [5.74, 6) is -0.205. The number of nitro benzene ring substituents is 1. The van der Waals surface area contributed by atoms with Crippen LogP contribution in [0.1, 0.15) is 17.2 Å². The van der Waals surface area contributed by atoms with Crippen LogP contribution in [0.2, 0.25) is 0 Å². The molecule has 0 unspecified atom stereocenters. The number of aromatic hydroxyl groups is 1. The number of nitrogens with one attached hydrogen (secondary N) is 1. The van der Waals surface area contributed by atoms with E-state index in [0.717, 1.165) is 0 Å². The quantitative estimate of drug-likeness (QED) is 0.544. The van der Waals surface area contributed by atoms with Gasteiger partial charge < -0.3 is 15.3 Å². The number of fused-ring (bicyclic) bond motifs is 1. The number of carbonyl (C=O) groups is 1. The molecule has 0 radical (unpaired) electrons. The summed E-state index contributed by atoms with van der Waals surface area (Å²) >= 11 is 0. The Labute approximate surface area is 155 Å². The first kappa shape index (κ1) is 18.1. The minimum absolute atomic E-state index is 0.113. The normalized spacial score (nSPS) is 11.8. The minimum Gasteiger partial charge on any atom is -0.505 e. The lowest BCUT2D eigenvalue weighted by Gasteiger charge is -2.23. The van der Waals surface area contributed by atoms with E-state index in [-0.39, 0.29) is 27.9 Å². The van der Waals surface area contributed by atoms with Crippen molar-refractivity contribution in [2.75, 3.05) is 14.1 Å². The molecule has 8 nitrogen and oxygen atoms in total. The third-order valence-corrected chi connectivity index (χ3v) is 4.19. The molecule has 138 valence electrons. The zero-order valence-electron chi connectivity index (χ0n) is 14.8. The van der Waals surface area contributed by atoms with Gasteiger partial charge in [0.05, 0.1) is 16.4 Å². The molecule has 0 aliphatic heterocycles. The van der Waals surface area contributed by atoms with Gasteiger partial charge in [-0.05, 0) is 17.7 Å². The Kier molecular flexibility index (Phi) is 4.89. The van der Waals surface area contributed by atoms with E-state index < -0.39 is 17.0 Å². The number of carbonyl (C=O) groups excluding carboxylic acids is 1. The Morgan fingerprint density at radius 1 is 1.22 bits per heavy atom. The Morgan fingerprint density at radius 3 is 2.56 bits per heavy atom. The lowest BCUT2D eigenvalue weighted by atomic mass is 9.95. The van der Waals surface area contributed by atoms with Crippen molar-refractivity contribution < 1.29 is 14.8 Å². The second kappa shape index (κ2) is 7.28. The molecule has 0 fully saturated rings. The van der Waals surface area contributed by atoms with E-state index in [9.17, 15) is 20.0 Å². The lowest BCUT2D eigenvalue weighted by Crippen LogP contribution is -2.37. The molecule has 2 amide bonds. The first-order valence-electron chi connectivity index (χ1n) is 8.18. The van der Waals surface area contributed by atoms with Gasteiger partial charge in [-0.3, -0.25) is 15.1 Å². The number of rotatable bonds is 4. The van der Waals surface area contributed by atoms with E-state index in [0.29, 0.717) is 5.56 Å². The molecule has 1 aromatic heterocycles. The fraction of sp³-hybridized carbons (Fsp3) is 0.158. The van der Waals surface area contributed by atoms with Crippen LogP contribution in [0, 0.1) is 10.1 Å². The predicted molar refractivity (Wildman–Crippen MR) is 101 cm³/mol. The molecule has 2 N–H and O–H groups in total. The van der Waals surface area contributed by atoms with Crippen LogP contribution in [-0.2, 0) is 0 Å². The van der Waals surface area contributed by atoms with E-state index in [1.54, 1.807) is 44.4 Å². The number of nitrogens with zero attached hydrogens (tertiary/aromatic N) is 3. The van der Waals surface area contributed by atoms with Crippen molar-refractivity contribution in [1.29, 1.82) is 0 Å². The van der Waals surface area contributed by atoms with Gasteiger partial charge in [0.1, 0.15) is 11.3 Å². The molecule has 1 atom stereocenters. The van der Waals surface area contributed by atoms with Crippen molar-refractivity contribution in [2.24, 2.45) is 0 Å². The molecule has 27 heavy (non-hydrogen) atoms. The number of phenolic OH excluding ortho intramolecular Hbond substituents is 1. The lowest BCUT2D eigenvalue weighted by molar-refractivity contribution is -0.383. The van der Waals surface area contributed by atoms with Crippen LogP contribution in [0.3, 0.4) is 0 Å². The molecule has 0 saturated heterocycles. The number of amides is 2. The standard InChI is InChI=1S/C19H18N4O4/c1-22(2)19(25)21-16(12-7-4-3-5-8-12)14-11-15(23(26)27)13-9-6-10-20-17(13)18(14)24/h3-11,16,24H,1-2H3,(H,21,25)/t16-/m0/s1. The highest BCUT2D eigenvalue weighted by Gasteiger charge is 2.27. The summed E-state index contributed by atoms with van der Waals surface area (Å²) in [5.41, 5.74) is 0.801. The van der Waals surface area contributed by atoms with Gasteiger partial charge in [0.2, 0.25) is 0 Å². The van der Waals surface area contributed by atoms with Crippen molar-refractivity contribution >= 4 is 22.6 Å². The first-order valence-corrected chi connectivity index (χ1v) is 8.18. The summed E-state index contributed by atoms with van der Waals surface area (Å²) in [6.45, 7) is 0. The SMILES string of the molecule is CN(C)C(=O)N[C@@H](c1ccccc1)c1cc([N+](=O)[O-])c2cccnc2c1O. The Hall–Kier alpha value is -3.68.